The van der Waals surface area contributed by atoms with Gasteiger partial charge in [0.1, 0.15) is 0 Å². The van der Waals surface area contributed by atoms with Crippen LogP contribution >= 0.6 is 0 Å². The van der Waals surface area contributed by atoms with E-state index >= 15 is 0 Å². The summed E-state index contributed by atoms with van der Waals surface area (Å²) in [5, 5.41) is 6.51. The first-order chi connectivity index (χ1) is 7.78. The highest BCUT2D eigenvalue weighted by molar-refractivity contribution is 5.78. The lowest BCUT2D eigenvalue weighted by atomic mass is 10.1. The summed E-state index contributed by atoms with van der Waals surface area (Å²) >= 11 is 0. The second kappa shape index (κ2) is 5.64. The largest absolute Gasteiger partial charge is 0.352 e. The first-order valence-electron chi connectivity index (χ1n) is 6.53. The van der Waals surface area contributed by atoms with E-state index in [-0.39, 0.29) is 5.91 Å². The molecule has 1 atom stereocenters. The number of carbonyl (C=O) groups is 1. The monoisotopic (exact) mass is 225 g/mol. The molecule has 1 aliphatic heterocycles. The van der Waals surface area contributed by atoms with Crippen molar-refractivity contribution in [3.63, 3.8) is 0 Å². The van der Waals surface area contributed by atoms with Gasteiger partial charge in [0.15, 0.2) is 0 Å². The molecule has 16 heavy (non-hydrogen) atoms. The highest BCUT2D eigenvalue weighted by atomic mass is 16.2. The Kier molecular flexibility index (Phi) is 4.18. The molecule has 2 fully saturated rings. The minimum absolute atomic E-state index is 0.208. The van der Waals surface area contributed by atoms with Crippen molar-refractivity contribution in [2.24, 2.45) is 0 Å². The fraction of sp³-hybridized carbons (Fsp3) is 0.917. The summed E-state index contributed by atoms with van der Waals surface area (Å²) < 4.78 is 0. The second-order valence-corrected chi connectivity index (χ2v) is 4.97. The Labute approximate surface area is 97.8 Å². The van der Waals surface area contributed by atoms with Gasteiger partial charge in [0.2, 0.25) is 5.91 Å². The second-order valence-electron chi connectivity index (χ2n) is 4.97. The Morgan fingerprint density at radius 1 is 1.31 bits per heavy atom. The van der Waals surface area contributed by atoms with Gasteiger partial charge in [-0.05, 0) is 38.8 Å². The number of amides is 1. The summed E-state index contributed by atoms with van der Waals surface area (Å²) in [7, 11) is 0. The molecular formula is C12H23N3O. The van der Waals surface area contributed by atoms with Crippen molar-refractivity contribution in [3.05, 3.63) is 0 Å². The van der Waals surface area contributed by atoms with Gasteiger partial charge in [-0.1, -0.05) is 6.92 Å². The van der Waals surface area contributed by atoms with Crippen molar-refractivity contribution in [1.29, 1.82) is 0 Å². The van der Waals surface area contributed by atoms with E-state index in [2.05, 4.69) is 22.5 Å². The molecule has 2 rings (SSSR count). The highest BCUT2D eigenvalue weighted by Crippen LogP contribution is 2.18. The van der Waals surface area contributed by atoms with Crippen LogP contribution in [0, 0.1) is 0 Å². The summed E-state index contributed by atoms with van der Waals surface area (Å²) in [6.07, 6.45) is 4.79. The molecule has 0 spiro atoms. The Morgan fingerprint density at radius 2 is 2.12 bits per heavy atom. The van der Waals surface area contributed by atoms with E-state index in [1.54, 1.807) is 0 Å². The molecule has 92 valence electrons. The van der Waals surface area contributed by atoms with Gasteiger partial charge in [0, 0.05) is 18.6 Å². The summed E-state index contributed by atoms with van der Waals surface area (Å²) in [6, 6.07) is 1.06. The standard InChI is InChI=1S/C12H23N3O/c1-2-13-11-4-3-7-15(8-11)9-12(16)14-10-5-6-10/h10-11,13H,2-9H2,1H3,(H,14,16). The van der Waals surface area contributed by atoms with E-state index in [1.165, 1.54) is 25.7 Å². The van der Waals surface area contributed by atoms with Crippen LogP contribution < -0.4 is 10.6 Å². The van der Waals surface area contributed by atoms with Crippen molar-refractivity contribution in [2.45, 2.75) is 44.7 Å². The van der Waals surface area contributed by atoms with Crippen molar-refractivity contribution in [1.82, 2.24) is 15.5 Å². The first kappa shape index (κ1) is 11.9. The number of carbonyl (C=O) groups excluding carboxylic acids is 1. The van der Waals surface area contributed by atoms with Gasteiger partial charge in [-0.25, -0.2) is 0 Å². The van der Waals surface area contributed by atoms with Crippen molar-refractivity contribution in [3.8, 4) is 0 Å². The number of nitrogens with zero attached hydrogens (tertiary/aromatic N) is 1. The molecule has 0 aromatic rings. The summed E-state index contributed by atoms with van der Waals surface area (Å²) in [5.74, 6) is 0.208. The van der Waals surface area contributed by atoms with Gasteiger partial charge in [-0.2, -0.15) is 0 Å². The molecule has 1 amide bonds. The van der Waals surface area contributed by atoms with Crippen molar-refractivity contribution >= 4 is 5.91 Å². The quantitative estimate of drug-likeness (QED) is 0.709. The molecule has 2 N–H and O–H groups in total. The summed E-state index contributed by atoms with van der Waals surface area (Å²) in [6.45, 7) is 5.83. The minimum Gasteiger partial charge on any atom is -0.352 e. The third-order valence-electron chi connectivity index (χ3n) is 3.31. The van der Waals surface area contributed by atoms with E-state index in [9.17, 15) is 4.79 Å². The van der Waals surface area contributed by atoms with Crippen LogP contribution in [-0.4, -0.2) is 49.1 Å². The zero-order chi connectivity index (χ0) is 11.4. The lowest BCUT2D eigenvalue weighted by Gasteiger charge is -2.32. The molecule has 1 saturated carbocycles. The lowest BCUT2D eigenvalue weighted by molar-refractivity contribution is -0.122. The van der Waals surface area contributed by atoms with Crippen LogP contribution in [0.3, 0.4) is 0 Å². The predicted octanol–water partition coefficient (Wildman–Crippen LogP) is 0.339. The zero-order valence-electron chi connectivity index (χ0n) is 10.2. The molecule has 0 aromatic heterocycles. The van der Waals surface area contributed by atoms with Gasteiger partial charge in [0.25, 0.3) is 0 Å². The van der Waals surface area contributed by atoms with E-state index in [1.807, 2.05) is 0 Å². The van der Waals surface area contributed by atoms with Crippen molar-refractivity contribution in [2.75, 3.05) is 26.2 Å². The molecule has 1 saturated heterocycles. The Hall–Kier alpha value is -0.610. The first-order valence-corrected chi connectivity index (χ1v) is 6.53. The molecular weight excluding hydrogens is 202 g/mol. The van der Waals surface area contributed by atoms with E-state index in [0.717, 1.165) is 19.6 Å². The van der Waals surface area contributed by atoms with E-state index in [4.69, 9.17) is 0 Å². The molecule has 2 aliphatic rings. The van der Waals surface area contributed by atoms with Gasteiger partial charge < -0.3 is 10.6 Å². The zero-order valence-corrected chi connectivity index (χ0v) is 10.2. The number of rotatable bonds is 5. The summed E-state index contributed by atoms with van der Waals surface area (Å²) in [5.41, 5.74) is 0. The van der Waals surface area contributed by atoms with Crippen LogP contribution in [0.4, 0.5) is 0 Å². The SMILES string of the molecule is CCNC1CCCN(CC(=O)NC2CC2)C1. The average Bonchev–Trinajstić information content (AvgIpc) is 3.02. The molecule has 0 bridgehead atoms. The fourth-order valence-corrected chi connectivity index (χ4v) is 2.36. The van der Waals surface area contributed by atoms with Crippen LogP contribution in [0.2, 0.25) is 0 Å². The maximum atomic E-state index is 11.7. The maximum Gasteiger partial charge on any atom is 0.234 e. The van der Waals surface area contributed by atoms with Crippen molar-refractivity contribution < 1.29 is 4.79 Å². The molecule has 4 nitrogen and oxygen atoms in total. The topological polar surface area (TPSA) is 44.4 Å². The molecule has 1 unspecified atom stereocenters. The Balaban J connectivity index is 1.69. The van der Waals surface area contributed by atoms with Crippen LogP contribution in [0.5, 0.6) is 0 Å². The smallest absolute Gasteiger partial charge is 0.234 e. The van der Waals surface area contributed by atoms with E-state index in [0.29, 0.717) is 18.6 Å². The van der Waals surface area contributed by atoms with Crippen LogP contribution in [0.25, 0.3) is 0 Å². The summed E-state index contributed by atoms with van der Waals surface area (Å²) in [4.78, 5) is 13.9. The molecule has 4 heteroatoms. The highest BCUT2D eigenvalue weighted by Gasteiger charge is 2.25. The number of hydrogen-bond acceptors (Lipinski definition) is 3. The fourth-order valence-electron chi connectivity index (χ4n) is 2.36. The maximum absolute atomic E-state index is 11.7. The van der Waals surface area contributed by atoms with Gasteiger partial charge in [-0.15, -0.1) is 0 Å². The van der Waals surface area contributed by atoms with Crippen LogP contribution in [-0.2, 0) is 4.79 Å². The average molecular weight is 225 g/mol. The number of nitrogens with one attached hydrogen (secondary N) is 2. The number of likely N-dealkylation sites (N-methyl/N-ethyl adjacent to an activating group) is 1. The third-order valence-corrected chi connectivity index (χ3v) is 3.31. The number of hydrogen-bond donors (Lipinski definition) is 2. The Morgan fingerprint density at radius 3 is 2.81 bits per heavy atom. The number of piperidine rings is 1. The van der Waals surface area contributed by atoms with Crippen LogP contribution in [0.15, 0.2) is 0 Å². The third kappa shape index (κ3) is 3.76. The molecule has 0 aromatic carbocycles. The Bertz CT molecular complexity index is 238. The molecule has 0 radical (unpaired) electrons. The van der Waals surface area contributed by atoms with Gasteiger partial charge in [-0.3, -0.25) is 9.69 Å². The minimum atomic E-state index is 0.208. The van der Waals surface area contributed by atoms with Gasteiger partial charge >= 0.3 is 0 Å². The number of likely N-dealkylation sites (tertiary alicyclic amines) is 1. The molecule has 1 heterocycles. The van der Waals surface area contributed by atoms with Gasteiger partial charge in [0.05, 0.1) is 6.54 Å². The predicted molar refractivity (Wildman–Crippen MR) is 64.3 cm³/mol. The lowest BCUT2D eigenvalue weighted by Crippen LogP contribution is -2.48. The van der Waals surface area contributed by atoms with E-state index < -0.39 is 0 Å². The normalized spacial score (nSPS) is 26.7. The van der Waals surface area contributed by atoms with Crippen LogP contribution in [0.1, 0.15) is 32.6 Å². The molecule has 1 aliphatic carbocycles.